The number of nitrogens with zero attached hydrogens (tertiary/aromatic N) is 4. The predicted molar refractivity (Wildman–Crippen MR) is 79.7 cm³/mol. The van der Waals surface area contributed by atoms with Crippen LogP contribution in [-0.4, -0.2) is 40.6 Å². The van der Waals surface area contributed by atoms with Gasteiger partial charge in [-0.15, -0.1) is 0 Å². The highest BCUT2D eigenvalue weighted by atomic mass is 16.5. The minimum Gasteiger partial charge on any atom is -0.463 e. The first-order valence-corrected chi connectivity index (χ1v) is 6.85. The Morgan fingerprint density at radius 1 is 1.38 bits per heavy atom. The Bertz CT molecular complexity index is 467. The van der Waals surface area contributed by atoms with E-state index in [9.17, 15) is 4.79 Å². The standard InChI is InChI=1S/C12H23N7O2/c1-4-5-21-12-16-10(18-14)15-11(17-12)19(6-8(2)3)7-9(13)20/h8H,4-7,14H2,1-3H3,(H2,13,20)(H,15,16,17,18). The number of nitrogens with two attached hydrogens (primary N) is 2. The molecular weight excluding hydrogens is 274 g/mol. The number of hydrogen-bond acceptors (Lipinski definition) is 8. The fourth-order valence-corrected chi connectivity index (χ4v) is 1.66. The molecule has 1 amide bonds. The number of primary amides is 1. The van der Waals surface area contributed by atoms with E-state index >= 15 is 0 Å². The molecule has 0 bridgehead atoms. The highest BCUT2D eigenvalue weighted by molar-refractivity contribution is 5.78. The number of ether oxygens (including phenoxy) is 1. The van der Waals surface area contributed by atoms with Crippen LogP contribution in [-0.2, 0) is 4.79 Å². The molecule has 1 rings (SSSR count). The molecule has 9 heteroatoms. The predicted octanol–water partition coefficient (Wildman–Crippen LogP) is -0.106. The lowest BCUT2D eigenvalue weighted by Gasteiger charge is -2.23. The van der Waals surface area contributed by atoms with Gasteiger partial charge in [0.2, 0.25) is 17.8 Å². The van der Waals surface area contributed by atoms with Gasteiger partial charge in [0, 0.05) is 6.54 Å². The molecule has 5 N–H and O–H groups in total. The number of aromatic nitrogens is 3. The molecule has 1 heterocycles. The number of hydrogen-bond donors (Lipinski definition) is 3. The lowest BCUT2D eigenvalue weighted by atomic mass is 10.2. The van der Waals surface area contributed by atoms with E-state index in [0.29, 0.717) is 25.0 Å². The zero-order chi connectivity index (χ0) is 15.8. The molecule has 0 spiro atoms. The number of nitrogens with one attached hydrogen (secondary N) is 1. The molecule has 0 aliphatic rings. The normalized spacial score (nSPS) is 10.5. The van der Waals surface area contributed by atoms with Crippen molar-refractivity contribution in [3.8, 4) is 6.01 Å². The number of carbonyl (C=O) groups is 1. The third-order valence-corrected chi connectivity index (χ3v) is 2.38. The van der Waals surface area contributed by atoms with E-state index in [-0.39, 0.29) is 18.5 Å². The Morgan fingerprint density at radius 2 is 2.10 bits per heavy atom. The van der Waals surface area contributed by atoms with Crippen LogP contribution in [0.25, 0.3) is 0 Å². The van der Waals surface area contributed by atoms with Crippen molar-refractivity contribution < 1.29 is 9.53 Å². The summed E-state index contributed by atoms with van der Waals surface area (Å²) in [5.41, 5.74) is 7.63. The lowest BCUT2D eigenvalue weighted by Crippen LogP contribution is -2.37. The Hall–Kier alpha value is -2.16. The molecule has 0 saturated carbocycles. The first-order chi connectivity index (χ1) is 9.96. The van der Waals surface area contributed by atoms with Crippen molar-refractivity contribution >= 4 is 17.8 Å². The molecule has 9 nitrogen and oxygen atoms in total. The van der Waals surface area contributed by atoms with Crippen LogP contribution in [0.4, 0.5) is 11.9 Å². The van der Waals surface area contributed by atoms with E-state index < -0.39 is 5.91 Å². The Labute approximate surface area is 124 Å². The average molecular weight is 297 g/mol. The lowest BCUT2D eigenvalue weighted by molar-refractivity contribution is -0.116. The SMILES string of the molecule is CCCOc1nc(NN)nc(N(CC(N)=O)CC(C)C)n1. The maximum atomic E-state index is 11.2. The quantitative estimate of drug-likeness (QED) is 0.425. The second-order valence-corrected chi connectivity index (χ2v) is 4.98. The van der Waals surface area contributed by atoms with Gasteiger partial charge < -0.3 is 15.4 Å². The first kappa shape index (κ1) is 16.9. The summed E-state index contributed by atoms with van der Waals surface area (Å²) in [5, 5.41) is 0. The second-order valence-electron chi connectivity index (χ2n) is 4.98. The third kappa shape index (κ3) is 5.78. The molecule has 118 valence electrons. The minimum absolute atomic E-state index is 0.0133. The van der Waals surface area contributed by atoms with Crippen molar-refractivity contribution in [2.45, 2.75) is 27.2 Å². The van der Waals surface area contributed by atoms with Gasteiger partial charge in [-0.25, -0.2) is 5.84 Å². The summed E-state index contributed by atoms with van der Waals surface area (Å²) >= 11 is 0. The zero-order valence-corrected chi connectivity index (χ0v) is 12.7. The molecule has 0 atom stereocenters. The summed E-state index contributed by atoms with van der Waals surface area (Å²) < 4.78 is 5.40. The van der Waals surface area contributed by atoms with E-state index in [1.807, 2.05) is 20.8 Å². The van der Waals surface area contributed by atoms with E-state index in [4.69, 9.17) is 16.3 Å². The van der Waals surface area contributed by atoms with E-state index in [1.54, 1.807) is 4.90 Å². The van der Waals surface area contributed by atoms with Gasteiger partial charge in [-0.05, 0) is 12.3 Å². The van der Waals surface area contributed by atoms with Gasteiger partial charge in [0.1, 0.15) is 0 Å². The number of amides is 1. The van der Waals surface area contributed by atoms with E-state index in [0.717, 1.165) is 6.42 Å². The van der Waals surface area contributed by atoms with Crippen molar-refractivity contribution in [1.82, 2.24) is 15.0 Å². The smallest absolute Gasteiger partial charge is 0.323 e. The topological polar surface area (TPSA) is 132 Å². The molecule has 0 aromatic carbocycles. The van der Waals surface area contributed by atoms with Crippen LogP contribution in [0.15, 0.2) is 0 Å². The number of nitrogen functional groups attached to an aromatic ring is 1. The summed E-state index contributed by atoms with van der Waals surface area (Å²) in [7, 11) is 0. The monoisotopic (exact) mass is 297 g/mol. The molecule has 0 fully saturated rings. The molecule has 1 aromatic heterocycles. The van der Waals surface area contributed by atoms with Gasteiger partial charge in [0.05, 0.1) is 13.2 Å². The fraction of sp³-hybridized carbons (Fsp3) is 0.667. The first-order valence-electron chi connectivity index (χ1n) is 6.85. The third-order valence-electron chi connectivity index (χ3n) is 2.38. The van der Waals surface area contributed by atoms with Gasteiger partial charge in [0.25, 0.3) is 0 Å². The molecule has 0 aliphatic carbocycles. The van der Waals surface area contributed by atoms with Crippen LogP contribution in [0.2, 0.25) is 0 Å². The van der Waals surface area contributed by atoms with Gasteiger partial charge in [0.15, 0.2) is 0 Å². The van der Waals surface area contributed by atoms with Crippen LogP contribution < -0.4 is 26.6 Å². The molecule has 1 aromatic rings. The summed E-state index contributed by atoms with van der Waals surface area (Å²) in [5.74, 6) is 5.66. The summed E-state index contributed by atoms with van der Waals surface area (Å²) in [6, 6.07) is 0.160. The summed E-state index contributed by atoms with van der Waals surface area (Å²) in [6.07, 6.45) is 0.823. The van der Waals surface area contributed by atoms with E-state index in [2.05, 4.69) is 20.4 Å². The van der Waals surface area contributed by atoms with Crippen molar-refractivity contribution in [2.24, 2.45) is 17.5 Å². The van der Waals surface area contributed by atoms with Gasteiger partial charge in [-0.1, -0.05) is 20.8 Å². The highest BCUT2D eigenvalue weighted by Gasteiger charge is 2.17. The highest BCUT2D eigenvalue weighted by Crippen LogP contribution is 2.16. The van der Waals surface area contributed by atoms with Crippen molar-refractivity contribution in [1.29, 1.82) is 0 Å². The Morgan fingerprint density at radius 3 is 2.62 bits per heavy atom. The fourth-order valence-electron chi connectivity index (χ4n) is 1.66. The van der Waals surface area contributed by atoms with Crippen LogP contribution in [0.3, 0.4) is 0 Å². The van der Waals surface area contributed by atoms with Gasteiger partial charge in [-0.3, -0.25) is 10.2 Å². The minimum atomic E-state index is -0.464. The maximum Gasteiger partial charge on any atom is 0.323 e. The average Bonchev–Trinajstić information content (AvgIpc) is 2.43. The van der Waals surface area contributed by atoms with Crippen LogP contribution >= 0.6 is 0 Å². The van der Waals surface area contributed by atoms with Crippen LogP contribution in [0.1, 0.15) is 27.2 Å². The van der Waals surface area contributed by atoms with Crippen LogP contribution in [0, 0.1) is 5.92 Å². The molecule has 21 heavy (non-hydrogen) atoms. The molecular formula is C12H23N7O2. The zero-order valence-electron chi connectivity index (χ0n) is 12.7. The number of rotatable bonds is 9. The Balaban J connectivity index is 3.06. The number of anilines is 2. The molecule has 0 saturated heterocycles. The second kappa shape index (κ2) is 8.20. The van der Waals surface area contributed by atoms with Crippen LogP contribution in [0.5, 0.6) is 6.01 Å². The van der Waals surface area contributed by atoms with Gasteiger partial charge in [-0.2, -0.15) is 15.0 Å². The maximum absolute atomic E-state index is 11.2. The summed E-state index contributed by atoms with van der Waals surface area (Å²) in [6.45, 7) is 7.08. The number of carbonyl (C=O) groups excluding carboxylic acids is 1. The van der Waals surface area contributed by atoms with Gasteiger partial charge >= 0.3 is 6.01 Å². The Kier molecular flexibility index (Phi) is 6.60. The molecule has 0 aliphatic heterocycles. The van der Waals surface area contributed by atoms with Crippen molar-refractivity contribution in [2.75, 3.05) is 30.0 Å². The largest absolute Gasteiger partial charge is 0.463 e. The summed E-state index contributed by atoms with van der Waals surface area (Å²) in [4.78, 5) is 25.2. The molecule has 0 unspecified atom stereocenters. The number of hydrazine groups is 1. The van der Waals surface area contributed by atoms with Crippen molar-refractivity contribution in [3.05, 3.63) is 0 Å². The molecule has 0 radical (unpaired) electrons. The van der Waals surface area contributed by atoms with E-state index in [1.165, 1.54) is 0 Å². The van der Waals surface area contributed by atoms with Crippen molar-refractivity contribution in [3.63, 3.8) is 0 Å².